The van der Waals surface area contributed by atoms with Gasteiger partial charge in [0, 0.05) is 49.6 Å². The summed E-state index contributed by atoms with van der Waals surface area (Å²) < 4.78 is 89.4. The van der Waals surface area contributed by atoms with Crippen molar-refractivity contribution >= 4 is 17.6 Å². The average Bonchev–Trinajstić information content (AvgIpc) is 3.02. The lowest BCUT2D eigenvalue weighted by atomic mass is 9.97. The van der Waals surface area contributed by atoms with Gasteiger partial charge in [-0.05, 0) is 25.1 Å². The molecule has 1 aromatic heterocycles. The van der Waals surface area contributed by atoms with Crippen molar-refractivity contribution in [2.75, 3.05) is 37.9 Å². The van der Waals surface area contributed by atoms with Crippen molar-refractivity contribution in [2.24, 2.45) is 14.1 Å². The number of rotatable bonds is 7. The van der Waals surface area contributed by atoms with Crippen molar-refractivity contribution in [3.63, 3.8) is 0 Å². The maximum Gasteiger partial charge on any atom is 0.411 e. The van der Waals surface area contributed by atoms with Crippen LogP contribution in [0.2, 0.25) is 0 Å². The molecule has 2 N–H and O–H groups in total. The fourth-order valence-corrected chi connectivity index (χ4v) is 5.58. The molecule has 2 atom stereocenters. The van der Waals surface area contributed by atoms with Crippen LogP contribution in [0, 0.1) is 18.6 Å². The predicted octanol–water partition coefficient (Wildman–Crippen LogP) is 2.30. The number of benzene rings is 2. The third-order valence-corrected chi connectivity index (χ3v) is 8.12. The van der Waals surface area contributed by atoms with E-state index in [4.69, 9.17) is 14.2 Å². The monoisotopic (exact) mass is 668 g/mol. The minimum Gasteiger partial charge on any atom is -0.486 e. The number of morpholine rings is 1. The van der Waals surface area contributed by atoms with Gasteiger partial charge in [-0.3, -0.25) is 14.2 Å². The average molecular weight is 669 g/mol. The second-order valence-electron chi connectivity index (χ2n) is 11.0. The van der Waals surface area contributed by atoms with Crippen molar-refractivity contribution in [1.29, 1.82) is 0 Å². The van der Waals surface area contributed by atoms with Crippen molar-refractivity contribution in [1.82, 2.24) is 14.5 Å². The van der Waals surface area contributed by atoms with Crippen molar-refractivity contribution in [3.8, 4) is 22.6 Å². The van der Waals surface area contributed by atoms with E-state index in [1.165, 1.54) is 30.8 Å². The molecule has 1 amide bonds. The smallest absolute Gasteiger partial charge is 0.411 e. The number of amides is 1. The summed E-state index contributed by atoms with van der Waals surface area (Å²) in [7, 11) is 2.80. The van der Waals surface area contributed by atoms with E-state index < -0.39 is 77.3 Å². The first-order valence-electron chi connectivity index (χ1n) is 14.2. The number of carboxylic acids is 1. The molecule has 3 heterocycles. The number of carbonyl (C=O) groups is 2. The number of hydrogen-bond acceptors (Lipinski definition) is 8. The maximum atomic E-state index is 15.1. The molecule has 0 aliphatic carbocycles. The number of nitrogens with zero attached hydrogens (tertiary/aromatic N) is 3. The Morgan fingerprint density at radius 3 is 2.28 bits per heavy atom. The van der Waals surface area contributed by atoms with E-state index in [0.717, 1.165) is 9.47 Å². The maximum absolute atomic E-state index is 15.1. The molecule has 0 saturated carbocycles. The lowest BCUT2D eigenvalue weighted by molar-refractivity contribution is -0.167. The van der Waals surface area contributed by atoms with Crippen LogP contribution < -0.4 is 30.9 Å². The number of halogens is 5. The molecule has 0 spiro atoms. The van der Waals surface area contributed by atoms with Gasteiger partial charge in [0.15, 0.2) is 11.5 Å². The van der Waals surface area contributed by atoms with Crippen molar-refractivity contribution in [3.05, 3.63) is 73.6 Å². The molecule has 47 heavy (non-hydrogen) atoms. The van der Waals surface area contributed by atoms with Crippen LogP contribution in [-0.2, 0) is 30.0 Å². The molecule has 5 rings (SSSR count). The number of aliphatic carboxylic acids is 1. The number of carboxylic acid groups (broad SMARTS) is 1. The van der Waals surface area contributed by atoms with Crippen LogP contribution in [-0.4, -0.2) is 77.3 Å². The summed E-state index contributed by atoms with van der Waals surface area (Å²) in [5, 5.41) is 12.0. The number of ether oxygens (including phenoxy) is 3. The molecule has 2 aromatic carbocycles. The molecule has 252 valence electrons. The summed E-state index contributed by atoms with van der Waals surface area (Å²) in [4.78, 5) is 51.4. The highest BCUT2D eigenvalue weighted by atomic mass is 19.4. The first-order chi connectivity index (χ1) is 22.1. The number of fused-ring (bicyclic) bond motifs is 1. The molecule has 12 nitrogen and oxygen atoms in total. The van der Waals surface area contributed by atoms with Gasteiger partial charge >= 0.3 is 17.8 Å². The molecule has 17 heteroatoms. The number of anilines is 1. The lowest BCUT2D eigenvalue weighted by Crippen LogP contribution is -2.53. The van der Waals surface area contributed by atoms with Gasteiger partial charge < -0.3 is 34.1 Å². The second kappa shape index (κ2) is 12.7. The predicted molar refractivity (Wildman–Crippen MR) is 155 cm³/mol. The number of hydrogen-bond donors (Lipinski definition) is 2. The Morgan fingerprint density at radius 2 is 1.66 bits per heavy atom. The lowest BCUT2D eigenvalue weighted by Gasteiger charge is -2.38. The van der Waals surface area contributed by atoms with E-state index in [1.54, 1.807) is 6.92 Å². The van der Waals surface area contributed by atoms with E-state index >= 15 is 8.78 Å². The fourth-order valence-electron chi connectivity index (χ4n) is 5.58. The van der Waals surface area contributed by atoms with Crippen LogP contribution >= 0.6 is 0 Å². The molecule has 1 saturated heterocycles. The third kappa shape index (κ3) is 6.26. The zero-order valence-corrected chi connectivity index (χ0v) is 25.2. The first-order valence-corrected chi connectivity index (χ1v) is 14.2. The van der Waals surface area contributed by atoms with Gasteiger partial charge in [0.2, 0.25) is 0 Å². The van der Waals surface area contributed by atoms with Gasteiger partial charge in [0.1, 0.15) is 42.5 Å². The minimum atomic E-state index is -4.77. The molecule has 3 aromatic rings. The molecule has 2 aliphatic rings. The Bertz CT molecular complexity index is 1850. The summed E-state index contributed by atoms with van der Waals surface area (Å²) >= 11 is 0. The minimum absolute atomic E-state index is 0.0545. The van der Waals surface area contributed by atoms with E-state index in [-0.39, 0.29) is 54.6 Å². The summed E-state index contributed by atoms with van der Waals surface area (Å²) in [5.74, 6) is -5.87. The highest BCUT2D eigenvalue weighted by Gasteiger charge is 2.46. The van der Waals surface area contributed by atoms with Crippen molar-refractivity contribution in [2.45, 2.75) is 31.6 Å². The molecule has 0 radical (unpaired) electrons. The fraction of sp³-hybridized carbons (Fsp3) is 0.400. The van der Waals surface area contributed by atoms with Crippen LogP contribution in [0.15, 0.2) is 33.9 Å². The molecule has 1 fully saturated rings. The van der Waals surface area contributed by atoms with Gasteiger partial charge in [-0.1, -0.05) is 6.07 Å². The number of alkyl halides is 3. The first kappa shape index (κ1) is 33.4. The van der Waals surface area contributed by atoms with Gasteiger partial charge in [-0.25, -0.2) is 18.4 Å². The Labute approximate surface area is 262 Å². The van der Waals surface area contributed by atoms with E-state index in [9.17, 15) is 37.5 Å². The van der Waals surface area contributed by atoms with Gasteiger partial charge in [0.05, 0.1) is 18.8 Å². The molecule has 1 unspecified atom stereocenters. The SMILES string of the molecule is Cc1c(-c2ccc(CC(NC(=O)c3c(F)cc(N4CCOC[C@@H]4C(F)(F)F)cc3F)C(=O)O)c3c2OCCO3)c(=O)n(C)c(=O)n1C. The second-order valence-corrected chi connectivity index (χ2v) is 11.0. The quantitative estimate of drug-likeness (QED) is 0.363. The summed E-state index contributed by atoms with van der Waals surface area (Å²) in [6, 6.07) is 0.117. The van der Waals surface area contributed by atoms with Gasteiger partial charge in [-0.2, -0.15) is 13.2 Å². The Kier molecular flexibility index (Phi) is 9.03. The van der Waals surface area contributed by atoms with Crippen LogP contribution in [0.25, 0.3) is 11.1 Å². The standard InChI is InChI=1S/C30H29F5N4O8/c1-14-22(27(41)38(3)29(44)37(14)2)17-5-4-15(24-25(17)47-9-8-46-24)10-20(28(42)43)36-26(40)23-18(31)11-16(12-19(23)32)39-6-7-45-13-21(39)30(33,34)35/h4-5,11-12,20-21H,6-10,13H2,1-3H3,(H,36,40)(H,42,43)/t20?,21-/m1/s1. The van der Waals surface area contributed by atoms with Gasteiger partial charge in [-0.15, -0.1) is 0 Å². The third-order valence-electron chi connectivity index (χ3n) is 8.12. The number of carbonyl (C=O) groups excluding carboxylic acids is 1. The van der Waals surface area contributed by atoms with Crippen LogP contribution in [0.3, 0.4) is 0 Å². The Hall–Kier alpha value is -4.93. The van der Waals surface area contributed by atoms with E-state index in [2.05, 4.69) is 5.32 Å². The van der Waals surface area contributed by atoms with Crippen LogP contribution in [0.5, 0.6) is 11.5 Å². The molecule has 0 bridgehead atoms. The summed E-state index contributed by atoms with van der Waals surface area (Å²) in [6.45, 7) is 0.504. The number of aromatic nitrogens is 2. The van der Waals surface area contributed by atoms with Crippen molar-refractivity contribution < 1.29 is 50.9 Å². The van der Waals surface area contributed by atoms with Crippen LogP contribution in [0.4, 0.5) is 27.6 Å². The Balaban J connectivity index is 1.45. The molecular weight excluding hydrogens is 639 g/mol. The van der Waals surface area contributed by atoms with Gasteiger partial charge in [0.25, 0.3) is 11.5 Å². The normalized spacial score (nSPS) is 16.9. The molecule has 2 aliphatic heterocycles. The summed E-state index contributed by atoms with van der Waals surface area (Å²) in [6.07, 6.45) is -5.22. The zero-order chi connectivity index (χ0) is 34.4. The topological polar surface area (TPSA) is 141 Å². The zero-order valence-electron chi connectivity index (χ0n) is 25.2. The van der Waals surface area contributed by atoms with Crippen LogP contribution in [0.1, 0.15) is 21.6 Å². The highest BCUT2D eigenvalue weighted by Crippen LogP contribution is 2.43. The van der Waals surface area contributed by atoms with E-state index in [0.29, 0.717) is 17.8 Å². The molecular formula is C30H29F5N4O8. The largest absolute Gasteiger partial charge is 0.486 e. The summed E-state index contributed by atoms with van der Waals surface area (Å²) in [5.41, 5.74) is -1.87. The Morgan fingerprint density at radius 1 is 1.02 bits per heavy atom. The number of nitrogens with one attached hydrogen (secondary N) is 1. The highest BCUT2D eigenvalue weighted by molar-refractivity contribution is 5.97. The van der Waals surface area contributed by atoms with E-state index in [1.807, 2.05) is 0 Å².